The van der Waals surface area contributed by atoms with E-state index >= 15 is 0 Å². The highest BCUT2D eigenvalue weighted by molar-refractivity contribution is 7.99. The van der Waals surface area contributed by atoms with Crippen molar-refractivity contribution in [3.05, 3.63) is 42.7 Å². The van der Waals surface area contributed by atoms with Gasteiger partial charge in [-0.3, -0.25) is 9.59 Å². The van der Waals surface area contributed by atoms with Gasteiger partial charge in [0, 0.05) is 12.5 Å². The standard InChI is InChI=1S/C18H16N4O4S/c1-11-9-15(23)19-12-5-2-3-6-13(12)22(11)16(24)10-27-18-21-20-17(26-18)14-7-4-8-25-14/h2-8,11H,9-10H2,1H3,(H,19,23). The fourth-order valence-electron chi connectivity index (χ4n) is 2.93. The van der Waals surface area contributed by atoms with Crippen LogP contribution >= 0.6 is 11.8 Å². The van der Waals surface area contributed by atoms with E-state index in [2.05, 4.69) is 15.5 Å². The molecule has 27 heavy (non-hydrogen) atoms. The van der Waals surface area contributed by atoms with Crippen LogP contribution in [0.3, 0.4) is 0 Å². The Morgan fingerprint density at radius 1 is 1.30 bits per heavy atom. The van der Waals surface area contributed by atoms with E-state index < -0.39 is 0 Å². The number of para-hydroxylation sites is 2. The zero-order valence-corrected chi connectivity index (χ0v) is 15.2. The Morgan fingerprint density at radius 2 is 2.15 bits per heavy atom. The first-order valence-corrected chi connectivity index (χ1v) is 9.31. The van der Waals surface area contributed by atoms with Gasteiger partial charge in [-0.05, 0) is 31.2 Å². The second-order valence-electron chi connectivity index (χ2n) is 6.02. The second kappa shape index (κ2) is 7.28. The summed E-state index contributed by atoms with van der Waals surface area (Å²) in [4.78, 5) is 26.6. The van der Waals surface area contributed by atoms with Crippen molar-refractivity contribution in [1.82, 2.24) is 10.2 Å². The third-order valence-corrected chi connectivity index (χ3v) is 4.89. The number of fused-ring (bicyclic) bond motifs is 1. The predicted octanol–water partition coefficient (Wildman–Crippen LogP) is 3.19. The lowest BCUT2D eigenvalue weighted by molar-refractivity contribution is -0.117. The molecule has 0 fully saturated rings. The number of carbonyl (C=O) groups is 2. The minimum Gasteiger partial charge on any atom is -0.459 e. The SMILES string of the molecule is CC1CC(=O)Nc2ccccc2N1C(=O)CSc1nnc(-c2ccco2)o1. The number of hydrogen-bond donors (Lipinski definition) is 1. The number of nitrogens with one attached hydrogen (secondary N) is 1. The largest absolute Gasteiger partial charge is 0.459 e. The zero-order valence-electron chi connectivity index (χ0n) is 14.4. The molecule has 1 N–H and O–H groups in total. The maximum atomic E-state index is 12.9. The highest BCUT2D eigenvalue weighted by Crippen LogP contribution is 2.32. The molecule has 0 bridgehead atoms. The Bertz CT molecular complexity index is 969. The van der Waals surface area contributed by atoms with Gasteiger partial charge in [0.15, 0.2) is 5.76 Å². The summed E-state index contributed by atoms with van der Waals surface area (Å²) in [5, 5.41) is 11.0. The highest BCUT2D eigenvalue weighted by atomic mass is 32.2. The van der Waals surface area contributed by atoms with E-state index in [0.717, 1.165) is 11.8 Å². The van der Waals surface area contributed by atoms with Crippen LogP contribution in [0.25, 0.3) is 11.7 Å². The zero-order chi connectivity index (χ0) is 18.8. The molecule has 1 aromatic carbocycles. The molecule has 9 heteroatoms. The summed E-state index contributed by atoms with van der Waals surface area (Å²) in [5.41, 5.74) is 1.31. The molecular formula is C18H16N4O4S. The van der Waals surface area contributed by atoms with Gasteiger partial charge in [-0.2, -0.15) is 0 Å². The van der Waals surface area contributed by atoms with Crippen LogP contribution in [-0.2, 0) is 9.59 Å². The van der Waals surface area contributed by atoms with Crippen LogP contribution in [0, 0.1) is 0 Å². The van der Waals surface area contributed by atoms with Crippen molar-refractivity contribution in [2.45, 2.75) is 24.6 Å². The van der Waals surface area contributed by atoms with Gasteiger partial charge in [-0.15, -0.1) is 10.2 Å². The van der Waals surface area contributed by atoms with Gasteiger partial charge in [-0.25, -0.2) is 0 Å². The summed E-state index contributed by atoms with van der Waals surface area (Å²) in [6.07, 6.45) is 1.75. The Labute approximate surface area is 158 Å². The van der Waals surface area contributed by atoms with Gasteiger partial charge in [0.25, 0.3) is 11.1 Å². The lowest BCUT2D eigenvalue weighted by Crippen LogP contribution is -2.40. The van der Waals surface area contributed by atoms with Crippen molar-refractivity contribution in [3.63, 3.8) is 0 Å². The molecule has 138 valence electrons. The van der Waals surface area contributed by atoms with Crippen molar-refractivity contribution >= 4 is 35.0 Å². The average Bonchev–Trinajstić information content (AvgIpc) is 3.30. The van der Waals surface area contributed by atoms with E-state index in [-0.39, 0.29) is 41.1 Å². The van der Waals surface area contributed by atoms with Crippen molar-refractivity contribution in [2.75, 3.05) is 16.0 Å². The van der Waals surface area contributed by atoms with Gasteiger partial charge >= 0.3 is 0 Å². The summed E-state index contributed by atoms with van der Waals surface area (Å²) in [7, 11) is 0. The monoisotopic (exact) mass is 384 g/mol. The van der Waals surface area contributed by atoms with Crippen molar-refractivity contribution < 1.29 is 18.4 Å². The number of furan rings is 1. The fourth-order valence-corrected chi connectivity index (χ4v) is 3.55. The first-order valence-electron chi connectivity index (χ1n) is 8.33. The van der Waals surface area contributed by atoms with Crippen LogP contribution in [0.4, 0.5) is 11.4 Å². The van der Waals surface area contributed by atoms with Crippen LogP contribution in [-0.4, -0.2) is 33.8 Å². The maximum Gasteiger partial charge on any atom is 0.284 e. The molecule has 2 aromatic heterocycles. The number of benzene rings is 1. The maximum absolute atomic E-state index is 12.9. The number of nitrogens with zero attached hydrogens (tertiary/aromatic N) is 3. The van der Waals surface area contributed by atoms with Gasteiger partial charge in [0.05, 0.1) is 23.4 Å². The molecule has 0 spiro atoms. The normalized spacial score (nSPS) is 16.6. The summed E-state index contributed by atoms with van der Waals surface area (Å²) in [5.74, 6) is 0.581. The molecule has 1 unspecified atom stereocenters. The topological polar surface area (TPSA) is 101 Å². The molecule has 0 aliphatic carbocycles. The van der Waals surface area contributed by atoms with Gasteiger partial charge < -0.3 is 19.1 Å². The Hall–Kier alpha value is -3.07. The fraction of sp³-hybridized carbons (Fsp3) is 0.222. The van der Waals surface area contributed by atoms with Crippen LogP contribution in [0.2, 0.25) is 0 Å². The van der Waals surface area contributed by atoms with E-state index in [1.165, 1.54) is 6.26 Å². The highest BCUT2D eigenvalue weighted by Gasteiger charge is 2.29. The lowest BCUT2D eigenvalue weighted by Gasteiger charge is -2.27. The van der Waals surface area contributed by atoms with E-state index in [0.29, 0.717) is 17.1 Å². The molecule has 0 radical (unpaired) electrons. The van der Waals surface area contributed by atoms with E-state index in [1.807, 2.05) is 25.1 Å². The van der Waals surface area contributed by atoms with Crippen molar-refractivity contribution in [1.29, 1.82) is 0 Å². The van der Waals surface area contributed by atoms with Gasteiger partial charge in [0.2, 0.25) is 11.8 Å². The third-order valence-electron chi connectivity index (χ3n) is 4.09. The summed E-state index contributed by atoms with van der Waals surface area (Å²) >= 11 is 1.15. The molecule has 8 nitrogen and oxygen atoms in total. The minimum absolute atomic E-state index is 0.104. The lowest BCUT2D eigenvalue weighted by atomic mass is 10.2. The van der Waals surface area contributed by atoms with E-state index in [4.69, 9.17) is 8.83 Å². The average molecular weight is 384 g/mol. The molecule has 1 aliphatic rings. The van der Waals surface area contributed by atoms with Gasteiger partial charge in [-0.1, -0.05) is 23.9 Å². The molecular weight excluding hydrogens is 368 g/mol. The van der Waals surface area contributed by atoms with Crippen molar-refractivity contribution in [3.8, 4) is 11.7 Å². The molecule has 1 aliphatic heterocycles. The van der Waals surface area contributed by atoms with Crippen molar-refractivity contribution in [2.24, 2.45) is 0 Å². The Kier molecular flexibility index (Phi) is 4.68. The number of carbonyl (C=O) groups excluding carboxylic acids is 2. The number of thioether (sulfide) groups is 1. The third kappa shape index (κ3) is 3.59. The molecule has 1 atom stereocenters. The molecule has 2 amide bonds. The molecule has 0 saturated heterocycles. The van der Waals surface area contributed by atoms with Crippen LogP contribution < -0.4 is 10.2 Å². The first-order chi connectivity index (χ1) is 13.1. The van der Waals surface area contributed by atoms with E-state index in [1.54, 1.807) is 23.1 Å². The second-order valence-corrected chi connectivity index (χ2v) is 6.95. The Morgan fingerprint density at radius 3 is 2.96 bits per heavy atom. The summed E-state index contributed by atoms with van der Waals surface area (Å²) in [6.45, 7) is 1.85. The summed E-state index contributed by atoms with van der Waals surface area (Å²) < 4.78 is 10.7. The number of aromatic nitrogens is 2. The number of amides is 2. The van der Waals surface area contributed by atoms with Crippen LogP contribution in [0.5, 0.6) is 0 Å². The molecule has 4 rings (SSSR count). The minimum atomic E-state index is -0.261. The molecule has 0 saturated carbocycles. The smallest absolute Gasteiger partial charge is 0.284 e. The van der Waals surface area contributed by atoms with Crippen LogP contribution in [0.15, 0.2) is 56.7 Å². The number of rotatable bonds is 4. The number of hydrogen-bond acceptors (Lipinski definition) is 7. The quantitative estimate of drug-likeness (QED) is 0.689. The predicted molar refractivity (Wildman–Crippen MR) is 99.4 cm³/mol. The van der Waals surface area contributed by atoms with E-state index in [9.17, 15) is 9.59 Å². The number of anilines is 2. The van der Waals surface area contributed by atoms with Crippen LogP contribution in [0.1, 0.15) is 13.3 Å². The molecule has 3 aromatic rings. The Balaban J connectivity index is 1.50. The molecule has 3 heterocycles. The summed E-state index contributed by atoms with van der Waals surface area (Å²) in [6, 6.07) is 10.4. The first kappa shape index (κ1) is 17.3. The van der Waals surface area contributed by atoms with Gasteiger partial charge in [0.1, 0.15) is 0 Å².